The fourth-order valence-corrected chi connectivity index (χ4v) is 2.50. The highest BCUT2D eigenvalue weighted by Gasteiger charge is 2.24. The van der Waals surface area contributed by atoms with Crippen LogP contribution in [0.4, 0.5) is 0 Å². The minimum atomic E-state index is 0.569. The van der Waals surface area contributed by atoms with Crippen molar-refractivity contribution < 1.29 is 0 Å². The lowest BCUT2D eigenvalue weighted by atomic mass is 10.1. The fraction of sp³-hybridized carbons (Fsp3) is 0.538. The number of hydrogen-bond acceptors (Lipinski definition) is 2. The van der Waals surface area contributed by atoms with Gasteiger partial charge in [-0.3, -0.25) is 4.90 Å². The number of nitrogens with one attached hydrogen (secondary N) is 1. The van der Waals surface area contributed by atoms with Crippen LogP contribution in [0.15, 0.2) is 24.3 Å². The molecular weight excluding hydrogens is 220 g/mol. The maximum Gasteiger partial charge on any atom is 0.0451 e. The lowest BCUT2D eigenvalue weighted by Gasteiger charge is -2.39. The summed E-state index contributed by atoms with van der Waals surface area (Å²) in [5.74, 6) is 0. The second-order valence-corrected chi connectivity index (χ2v) is 5.03. The molecule has 1 aromatic rings. The Morgan fingerprint density at radius 3 is 2.50 bits per heavy atom. The highest BCUT2D eigenvalue weighted by Crippen LogP contribution is 2.20. The van der Waals surface area contributed by atoms with E-state index in [0.717, 1.165) is 24.7 Å². The standard InChI is InChI=1S/C13H19ClN2/c1-10-7-15-8-11(2)16(10)9-12-5-3-4-6-13(12)14/h3-6,10-11,15H,7-9H2,1-2H3. The van der Waals surface area contributed by atoms with Crippen LogP contribution >= 0.6 is 11.6 Å². The van der Waals surface area contributed by atoms with Gasteiger partial charge in [-0.05, 0) is 25.5 Å². The highest BCUT2D eigenvalue weighted by molar-refractivity contribution is 6.31. The molecular formula is C13H19ClN2. The van der Waals surface area contributed by atoms with Gasteiger partial charge in [0.25, 0.3) is 0 Å². The molecule has 1 heterocycles. The van der Waals surface area contributed by atoms with E-state index in [9.17, 15) is 0 Å². The van der Waals surface area contributed by atoms with E-state index >= 15 is 0 Å². The van der Waals surface area contributed by atoms with Gasteiger partial charge in [0.2, 0.25) is 0 Å². The number of nitrogens with zero attached hydrogens (tertiary/aromatic N) is 1. The molecule has 1 aliphatic heterocycles. The molecule has 1 N–H and O–H groups in total. The number of benzene rings is 1. The van der Waals surface area contributed by atoms with E-state index < -0.39 is 0 Å². The predicted octanol–water partition coefficient (Wildman–Crippen LogP) is 2.52. The Labute approximate surface area is 103 Å². The normalized spacial score (nSPS) is 26.9. The minimum Gasteiger partial charge on any atom is -0.314 e. The first-order valence-electron chi connectivity index (χ1n) is 5.88. The van der Waals surface area contributed by atoms with Gasteiger partial charge in [0.15, 0.2) is 0 Å². The molecule has 3 heteroatoms. The topological polar surface area (TPSA) is 15.3 Å². The molecule has 0 radical (unpaired) electrons. The quantitative estimate of drug-likeness (QED) is 0.852. The Balaban J connectivity index is 2.11. The van der Waals surface area contributed by atoms with Gasteiger partial charge < -0.3 is 5.32 Å². The molecule has 0 bridgehead atoms. The summed E-state index contributed by atoms with van der Waals surface area (Å²) in [6, 6.07) is 9.26. The minimum absolute atomic E-state index is 0.569. The van der Waals surface area contributed by atoms with Crippen molar-refractivity contribution in [3.63, 3.8) is 0 Å². The first-order valence-corrected chi connectivity index (χ1v) is 6.26. The first-order chi connectivity index (χ1) is 7.68. The summed E-state index contributed by atoms with van der Waals surface area (Å²) in [4.78, 5) is 2.51. The second-order valence-electron chi connectivity index (χ2n) is 4.62. The van der Waals surface area contributed by atoms with Crippen molar-refractivity contribution in [2.24, 2.45) is 0 Å². The zero-order valence-electron chi connectivity index (χ0n) is 9.91. The van der Waals surface area contributed by atoms with Gasteiger partial charge in [-0.15, -0.1) is 0 Å². The summed E-state index contributed by atoms with van der Waals surface area (Å²) in [5.41, 5.74) is 1.23. The van der Waals surface area contributed by atoms with Crippen molar-refractivity contribution in [1.82, 2.24) is 10.2 Å². The van der Waals surface area contributed by atoms with E-state index in [4.69, 9.17) is 11.6 Å². The van der Waals surface area contributed by atoms with Crippen molar-refractivity contribution in [3.8, 4) is 0 Å². The number of rotatable bonds is 2. The Morgan fingerprint density at radius 2 is 1.88 bits per heavy atom. The summed E-state index contributed by atoms with van der Waals surface area (Å²) < 4.78 is 0. The van der Waals surface area contributed by atoms with E-state index in [-0.39, 0.29) is 0 Å². The van der Waals surface area contributed by atoms with Gasteiger partial charge in [-0.1, -0.05) is 29.8 Å². The molecule has 16 heavy (non-hydrogen) atoms. The molecule has 0 aliphatic carbocycles. The third kappa shape index (κ3) is 2.57. The molecule has 2 nitrogen and oxygen atoms in total. The molecule has 0 aromatic heterocycles. The molecule has 2 rings (SSSR count). The summed E-state index contributed by atoms with van der Waals surface area (Å²) >= 11 is 6.20. The van der Waals surface area contributed by atoms with Crippen LogP contribution < -0.4 is 5.32 Å². The van der Waals surface area contributed by atoms with Gasteiger partial charge >= 0.3 is 0 Å². The third-order valence-corrected chi connectivity index (χ3v) is 3.69. The Hall–Kier alpha value is -0.570. The highest BCUT2D eigenvalue weighted by atomic mass is 35.5. The molecule has 0 amide bonds. The first kappa shape index (κ1) is 11.9. The van der Waals surface area contributed by atoms with Gasteiger partial charge in [0, 0.05) is 36.7 Å². The van der Waals surface area contributed by atoms with E-state index in [1.165, 1.54) is 5.56 Å². The van der Waals surface area contributed by atoms with Crippen molar-refractivity contribution in [2.75, 3.05) is 13.1 Å². The molecule has 2 atom stereocenters. The van der Waals surface area contributed by atoms with Crippen molar-refractivity contribution in [3.05, 3.63) is 34.9 Å². The SMILES string of the molecule is CC1CNCC(C)N1Cc1ccccc1Cl. The van der Waals surface area contributed by atoms with Crippen molar-refractivity contribution >= 4 is 11.6 Å². The van der Waals surface area contributed by atoms with Crippen molar-refractivity contribution in [2.45, 2.75) is 32.5 Å². The maximum absolute atomic E-state index is 6.20. The summed E-state index contributed by atoms with van der Waals surface area (Å²) in [5, 5.41) is 4.32. The molecule has 2 unspecified atom stereocenters. The summed E-state index contributed by atoms with van der Waals surface area (Å²) in [6.45, 7) is 7.60. The van der Waals surface area contributed by atoms with Crippen LogP contribution in [0.25, 0.3) is 0 Å². The molecule has 0 spiro atoms. The largest absolute Gasteiger partial charge is 0.314 e. The van der Waals surface area contributed by atoms with Crippen LogP contribution in [0.3, 0.4) is 0 Å². The van der Waals surface area contributed by atoms with E-state index in [0.29, 0.717) is 12.1 Å². The number of piperazine rings is 1. The van der Waals surface area contributed by atoms with Crippen LogP contribution in [-0.2, 0) is 6.54 Å². The fourth-order valence-electron chi connectivity index (χ4n) is 2.31. The van der Waals surface area contributed by atoms with E-state index in [1.54, 1.807) is 0 Å². The Kier molecular flexibility index (Phi) is 3.85. The zero-order chi connectivity index (χ0) is 11.5. The second kappa shape index (κ2) is 5.17. The number of halogens is 1. The average Bonchev–Trinajstić information content (AvgIpc) is 2.26. The van der Waals surface area contributed by atoms with E-state index in [1.807, 2.05) is 12.1 Å². The zero-order valence-corrected chi connectivity index (χ0v) is 10.7. The van der Waals surface area contributed by atoms with Crippen molar-refractivity contribution in [1.29, 1.82) is 0 Å². The van der Waals surface area contributed by atoms with Crippen LogP contribution in [0.5, 0.6) is 0 Å². The van der Waals surface area contributed by atoms with Gasteiger partial charge in [0.1, 0.15) is 0 Å². The number of hydrogen-bond donors (Lipinski definition) is 1. The van der Waals surface area contributed by atoms with Crippen LogP contribution in [0.2, 0.25) is 5.02 Å². The maximum atomic E-state index is 6.20. The molecule has 1 fully saturated rings. The third-order valence-electron chi connectivity index (χ3n) is 3.32. The molecule has 1 saturated heterocycles. The Bertz CT molecular complexity index is 344. The van der Waals surface area contributed by atoms with Crippen LogP contribution in [0.1, 0.15) is 19.4 Å². The molecule has 88 valence electrons. The monoisotopic (exact) mass is 238 g/mol. The van der Waals surface area contributed by atoms with Crippen LogP contribution in [-0.4, -0.2) is 30.1 Å². The molecule has 0 saturated carbocycles. The van der Waals surface area contributed by atoms with Crippen LogP contribution in [0, 0.1) is 0 Å². The average molecular weight is 239 g/mol. The predicted molar refractivity (Wildman–Crippen MR) is 68.8 cm³/mol. The Morgan fingerprint density at radius 1 is 1.25 bits per heavy atom. The summed E-state index contributed by atoms with van der Waals surface area (Å²) in [7, 11) is 0. The lowest BCUT2D eigenvalue weighted by molar-refractivity contribution is 0.109. The smallest absolute Gasteiger partial charge is 0.0451 e. The lowest BCUT2D eigenvalue weighted by Crippen LogP contribution is -2.54. The van der Waals surface area contributed by atoms with Gasteiger partial charge in [-0.25, -0.2) is 0 Å². The van der Waals surface area contributed by atoms with Gasteiger partial charge in [-0.2, -0.15) is 0 Å². The summed E-state index contributed by atoms with van der Waals surface area (Å²) in [6.07, 6.45) is 0. The molecule has 1 aromatic carbocycles. The van der Waals surface area contributed by atoms with E-state index in [2.05, 4.69) is 36.2 Å². The van der Waals surface area contributed by atoms with Gasteiger partial charge in [0.05, 0.1) is 0 Å². The molecule has 1 aliphatic rings.